The number of unbranched alkanes of at least 4 members (excludes halogenated alkanes) is 1. The normalized spacial score (nSPS) is 17.7. The molecule has 0 heterocycles. The molecule has 0 aliphatic heterocycles. The Labute approximate surface area is 86.3 Å². The van der Waals surface area contributed by atoms with Gasteiger partial charge in [0.2, 0.25) is 7.37 Å². The highest BCUT2D eigenvalue weighted by Gasteiger charge is 2.23. The molecule has 74 valence electrons. The van der Waals surface area contributed by atoms with Crippen molar-refractivity contribution >= 4 is 24.7 Å². The van der Waals surface area contributed by atoms with Crippen LogP contribution in [0.3, 0.4) is 0 Å². The zero-order valence-corrected chi connectivity index (χ0v) is 8.60. The van der Waals surface area contributed by atoms with E-state index in [0.717, 1.165) is 19.3 Å². The van der Waals surface area contributed by atoms with Gasteiger partial charge >= 0.3 is 0 Å². The van der Waals surface area contributed by atoms with Crippen LogP contribution in [0.4, 0.5) is 0 Å². The van der Waals surface area contributed by atoms with E-state index in [1.165, 1.54) is 0 Å². The van der Waals surface area contributed by atoms with Gasteiger partial charge in [0, 0.05) is 11.8 Å². The van der Waals surface area contributed by atoms with Crippen LogP contribution < -0.4 is 0 Å². The second kappa shape index (κ2) is 7.16. The molecule has 0 spiro atoms. The van der Waals surface area contributed by atoms with Crippen LogP contribution in [0, 0.1) is 0 Å². The Bertz CT molecular complexity index is 150. The van der Waals surface area contributed by atoms with E-state index in [-0.39, 0.29) is 23.0 Å². The zero-order valence-electron chi connectivity index (χ0n) is 7.71. The third kappa shape index (κ3) is 5.38. The highest BCUT2D eigenvalue weighted by Crippen LogP contribution is 2.47. The van der Waals surface area contributed by atoms with Gasteiger partial charge in [-0.2, -0.15) is 0 Å². The van der Waals surface area contributed by atoms with Gasteiger partial charge in [-0.3, -0.25) is 4.57 Å². The highest BCUT2D eigenvalue weighted by atomic mass is 31.2. The molecule has 0 aromatic heterocycles. The third-order valence-corrected chi connectivity index (χ3v) is 4.81. The Morgan fingerprint density at radius 2 is 1.92 bits per heavy atom. The molecule has 2 atom stereocenters. The molecule has 0 aromatic carbocycles. The molecular weight excluding hydrogens is 186 g/mol. The van der Waals surface area contributed by atoms with Gasteiger partial charge < -0.3 is 4.89 Å². The van der Waals surface area contributed by atoms with E-state index in [4.69, 9.17) is 0 Å². The van der Waals surface area contributed by atoms with Crippen molar-refractivity contribution in [3.05, 3.63) is 0 Å². The zero-order chi connectivity index (χ0) is 8.91. The summed E-state index contributed by atoms with van der Waals surface area (Å²) in [5.41, 5.74) is -0.0194. The van der Waals surface area contributed by atoms with Crippen LogP contribution in [0.15, 0.2) is 0 Å². The van der Waals surface area contributed by atoms with Gasteiger partial charge in [0.1, 0.15) is 0 Å². The molecule has 0 aromatic rings. The van der Waals surface area contributed by atoms with Crippen molar-refractivity contribution in [1.82, 2.24) is 0 Å². The average molecular weight is 208 g/mol. The van der Waals surface area contributed by atoms with Gasteiger partial charge in [0.25, 0.3) is 0 Å². The van der Waals surface area contributed by atoms with Crippen molar-refractivity contribution in [2.24, 2.45) is 0 Å². The molecule has 0 saturated heterocycles. The summed E-state index contributed by atoms with van der Waals surface area (Å²) in [6.45, 7) is 5.85. The van der Waals surface area contributed by atoms with Gasteiger partial charge in [-0.15, -0.1) is 0 Å². The molecule has 1 N–H and O–H groups in total. The van der Waals surface area contributed by atoms with E-state index in [2.05, 4.69) is 0 Å². The Kier molecular flexibility index (Phi) is 9.07. The van der Waals surface area contributed by atoms with Crippen LogP contribution in [-0.4, -0.2) is 34.1 Å². The van der Waals surface area contributed by atoms with Crippen LogP contribution in [0.25, 0.3) is 0 Å². The fourth-order valence-corrected chi connectivity index (χ4v) is 2.67. The van der Waals surface area contributed by atoms with Crippen LogP contribution in [0.2, 0.25) is 0 Å². The Morgan fingerprint density at radius 3 is 2.25 bits per heavy atom. The summed E-state index contributed by atoms with van der Waals surface area (Å²) in [7, 11) is -2.80. The molecule has 0 fully saturated rings. The van der Waals surface area contributed by atoms with E-state index in [9.17, 15) is 9.46 Å². The molecular formula is C8H22AlO2P. The summed E-state index contributed by atoms with van der Waals surface area (Å²) < 4.78 is 11.5. The van der Waals surface area contributed by atoms with E-state index in [0.29, 0.717) is 6.16 Å². The fraction of sp³-hybridized carbons (Fsp3) is 1.00. The summed E-state index contributed by atoms with van der Waals surface area (Å²) in [5.74, 6) is 0. The maximum atomic E-state index is 11.5. The van der Waals surface area contributed by atoms with Crippen molar-refractivity contribution in [2.75, 3.05) is 6.16 Å². The van der Waals surface area contributed by atoms with Crippen LogP contribution in [0.1, 0.15) is 40.0 Å². The smallest absolute Gasteiger partial charge is 0.203 e. The molecule has 0 aliphatic carbocycles. The lowest BCUT2D eigenvalue weighted by Gasteiger charge is -2.16. The topological polar surface area (TPSA) is 37.3 Å². The molecule has 0 rings (SSSR count). The van der Waals surface area contributed by atoms with Gasteiger partial charge in [-0.05, 0) is 12.8 Å². The number of hydrogen-bond acceptors (Lipinski definition) is 1. The van der Waals surface area contributed by atoms with Crippen molar-refractivity contribution in [3.8, 4) is 0 Å². The summed E-state index contributed by atoms with van der Waals surface area (Å²) in [4.78, 5) is 9.47. The molecule has 0 saturated carbocycles. The SMILES string of the molecule is CCCCP(=O)(O)C(C)CC.[AlH3]. The number of hydrogen-bond donors (Lipinski definition) is 1. The lowest BCUT2D eigenvalue weighted by molar-refractivity contribution is 0.461. The first-order valence-electron chi connectivity index (χ1n) is 4.36. The Hall–Kier alpha value is 0.722. The van der Waals surface area contributed by atoms with E-state index in [1.54, 1.807) is 0 Å². The van der Waals surface area contributed by atoms with Crippen LogP contribution >= 0.6 is 7.37 Å². The van der Waals surface area contributed by atoms with Crippen molar-refractivity contribution in [2.45, 2.75) is 45.7 Å². The standard InChI is InChI=1S/C8H19O2P.Al.3H/c1-4-6-7-11(9,10)8(3)5-2;;;;/h8H,4-7H2,1-3H3,(H,9,10);;;;. The second-order valence-corrected chi connectivity index (χ2v) is 5.93. The molecule has 0 radical (unpaired) electrons. The summed E-state index contributed by atoms with van der Waals surface area (Å²) >= 11 is 0. The van der Waals surface area contributed by atoms with Crippen LogP contribution in [-0.2, 0) is 4.57 Å². The van der Waals surface area contributed by atoms with Gasteiger partial charge in [-0.1, -0.05) is 27.2 Å². The van der Waals surface area contributed by atoms with Gasteiger partial charge in [0.05, 0.1) is 0 Å². The highest BCUT2D eigenvalue weighted by molar-refractivity contribution is 7.58. The number of rotatable bonds is 5. The lowest BCUT2D eigenvalue weighted by atomic mass is 10.4. The second-order valence-electron chi connectivity index (χ2n) is 3.09. The monoisotopic (exact) mass is 208 g/mol. The van der Waals surface area contributed by atoms with E-state index >= 15 is 0 Å². The maximum absolute atomic E-state index is 11.5. The molecule has 0 bridgehead atoms. The van der Waals surface area contributed by atoms with Crippen molar-refractivity contribution in [1.29, 1.82) is 0 Å². The molecule has 4 heteroatoms. The first-order chi connectivity index (χ1) is 5.04. The largest absolute Gasteiger partial charge is 0.344 e. The lowest BCUT2D eigenvalue weighted by Crippen LogP contribution is -2.04. The van der Waals surface area contributed by atoms with Gasteiger partial charge in [-0.25, -0.2) is 0 Å². The minimum atomic E-state index is -2.80. The van der Waals surface area contributed by atoms with Gasteiger partial charge in [0.15, 0.2) is 17.4 Å². The predicted octanol–water partition coefficient (Wildman–Crippen LogP) is 1.67. The first-order valence-corrected chi connectivity index (χ1v) is 6.27. The quantitative estimate of drug-likeness (QED) is 0.551. The van der Waals surface area contributed by atoms with Crippen molar-refractivity contribution in [3.63, 3.8) is 0 Å². The van der Waals surface area contributed by atoms with Crippen LogP contribution in [0.5, 0.6) is 0 Å². The minimum Gasteiger partial charge on any atom is -0.344 e. The average Bonchev–Trinajstić information content (AvgIpc) is 1.99. The molecule has 0 aliphatic rings. The van der Waals surface area contributed by atoms with Crippen molar-refractivity contribution < 1.29 is 9.46 Å². The molecule has 2 nitrogen and oxygen atoms in total. The molecule has 2 unspecified atom stereocenters. The van der Waals surface area contributed by atoms with E-state index < -0.39 is 7.37 Å². The Balaban J connectivity index is 0. The molecule has 12 heavy (non-hydrogen) atoms. The Morgan fingerprint density at radius 1 is 1.42 bits per heavy atom. The maximum Gasteiger partial charge on any atom is 0.203 e. The molecule has 0 amide bonds. The summed E-state index contributed by atoms with van der Waals surface area (Å²) in [6, 6.07) is 0. The predicted molar refractivity (Wildman–Crippen MR) is 59.3 cm³/mol. The first kappa shape index (κ1) is 15.2. The fourth-order valence-electron chi connectivity index (χ4n) is 0.890. The minimum absolute atomic E-state index is 0. The van der Waals surface area contributed by atoms with E-state index in [1.807, 2.05) is 20.8 Å². The third-order valence-electron chi connectivity index (χ3n) is 2.11. The summed E-state index contributed by atoms with van der Waals surface area (Å²) in [5, 5.41) is 0. The summed E-state index contributed by atoms with van der Waals surface area (Å²) in [6.07, 6.45) is 3.18.